The summed E-state index contributed by atoms with van der Waals surface area (Å²) >= 11 is 3.49. The van der Waals surface area contributed by atoms with Gasteiger partial charge in [0, 0.05) is 35.2 Å². The summed E-state index contributed by atoms with van der Waals surface area (Å²) in [6.07, 6.45) is 4.28. The molecule has 19 heavy (non-hydrogen) atoms. The lowest BCUT2D eigenvalue weighted by Gasteiger charge is -2.33. The summed E-state index contributed by atoms with van der Waals surface area (Å²) in [6, 6.07) is 9.22. The van der Waals surface area contributed by atoms with Crippen molar-refractivity contribution in [2.24, 2.45) is 0 Å². The summed E-state index contributed by atoms with van der Waals surface area (Å²) in [6.45, 7) is 2.20. The lowest BCUT2D eigenvalue weighted by atomic mass is 10.0. The molecule has 1 aliphatic rings. The van der Waals surface area contributed by atoms with Gasteiger partial charge in [-0.2, -0.15) is 0 Å². The van der Waals surface area contributed by atoms with Gasteiger partial charge in [0.1, 0.15) is 0 Å². The zero-order valence-electron chi connectivity index (χ0n) is 11.1. The number of aromatic nitrogens is 1. The van der Waals surface area contributed by atoms with E-state index in [-0.39, 0.29) is 0 Å². The Hall–Kier alpha value is -1.13. The fourth-order valence-electron chi connectivity index (χ4n) is 2.78. The van der Waals surface area contributed by atoms with E-state index < -0.39 is 0 Å². The Bertz CT molecular complexity index is 577. The van der Waals surface area contributed by atoms with E-state index in [2.05, 4.69) is 62.4 Å². The van der Waals surface area contributed by atoms with Crippen LogP contribution < -0.4 is 10.2 Å². The highest BCUT2D eigenvalue weighted by atomic mass is 79.9. The maximum atomic E-state index is 4.59. The number of fused-ring (bicyclic) bond motifs is 1. The summed E-state index contributed by atoms with van der Waals surface area (Å²) in [5.74, 6) is 0. The average Bonchev–Trinajstić information content (AvgIpc) is 2.46. The summed E-state index contributed by atoms with van der Waals surface area (Å²) < 4.78 is 1.03. The van der Waals surface area contributed by atoms with Crippen molar-refractivity contribution in [3.05, 3.63) is 34.9 Å². The predicted molar refractivity (Wildman–Crippen MR) is 83.7 cm³/mol. The molecule has 100 valence electrons. The van der Waals surface area contributed by atoms with Crippen molar-refractivity contribution in [2.45, 2.75) is 18.9 Å². The molecule has 4 heteroatoms. The highest BCUT2D eigenvalue weighted by molar-refractivity contribution is 9.10. The van der Waals surface area contributed by atoms with Gasteiger partial charge >= 0.3 is 0 Å². The first-order valence-electron chi connectivity index (χ1n) is 6.74. The van der Waals surface area contributed by atoms with E-state index in [0.29, 0.717) is 6.04 Å². The predicted octanol–water partition coefficient (Wildman–Crippen LogP) is 3.19. The number of para-hydroxylation sites is 1. The minimum absolute atomic E-state index is 0.660. The molecule has 0 unspecified atom stereocenters. The van der Waals surface area contributed by atoms with Crippen LogP contribution in [0.25, 0.3) is 10.9 Å². The standard InChI is InChI=1S/C15H18BrN3/c1-17-13-5-7-19(8-6-13)14-4-2-3-11-9-12(16)10-18-15(11)14/h2-4,9-10,13,17H,5-8H2,1H3. The van der Waals surface area contributed by atoms with E-state index in [4.69, 9.17) is 0 Å². The Morgan fingerprint density at radius 3 is 2.84 bits per heavy atom. The monoisotopic (exact) mass is 319 g/mol. The molecule has 1 saturated heterocycles. The van der Waals surface area contributed by atoms with Crippen molar-refractivity contribution in [1.29, 1.82) is 0 Å². The average molecular weight is 320 g/mol. The van der Waals surface area contributed by atoms with Gasteiger partial charge in [0.2, 0.25) is 0 Å². The number of pyridine rings is 1. The summed E-state index contributed by atoms with van der Waals surface area (Å²) in [5, 5.41) is 4.57. The van der Waals surface area contributed by atoms with Crippen LogP contribution in [0.4, 0.5) is 5.69 Å². The van der Waals surface area contributed by atoms with Crippen LogP contribution in [0.15, 0.2) is 34.9 Å². The number of nitrogens with one attached hydrogen (secondary N) is 1. The molecule has 2 heterocycles. The smallest absolute Gasteiger partial charge is 0.0936 e. The van der Waals surface area contributed by atoms with Gasteiger partial charge < -0.3 is 10.2 Å². The van der Waals surface area contributed by atoms with E-state index in [1.54, 1.807) is 0 Å². The van der Waals surface area contributed by atoms with Gasteiger partial charge in [-0.15, -0.1) is 0 Å². The molecule has 0 aliphatic carbocycles. The van der Waals surface area contributed by atoms with Gasteiger partial charge in [-0.25, -0.2) is 0 Å². The minimum Gasteiger partial charge on any atom is -0.370 e. The second-order valence-electron chi connectivity index (χ2n) is 5.05. The number of piperidine rings is 1. The maximum Gasteiger partial charge on any atom is 0.0936 e. The number of nitrogens with zero attached hydrogens (tertiary/aromatic N) is 2. The minimum atomic E-state index is 0.660. The lowest BCUT2D eigenvalue weighted by molar-refractivity contribution is 0.443. The number of rotatable bonds is 2. The Morgan fingerprint density at radius 1 is 1.32 bits per heavy atom. The fourth-order valence-corrected chi connectivity index (χ4v) is 3.13. The third kappa shape index (κ3) is 2.60. The Kier molecular flexibility index (Phi) is 3.71. The van der Waals surface area contributed by atoms with Crippen LogP contribution in [-0.4, -0.2) is 31.2 Å². The van der Waals surface area contributed by atoms with Gasteiger partial charge in [-0.05, 0) is 48.0 Å². The summed E-state index contributed by atoms with van der Waals surface area (Å²) in [7, 11) is 2.05. The van der Waals surface area contributed by atoms with Gasteiger partial charge in [0.15, 0.2) is 0 Å². The van der Waals surface area contributed by atoms with Gasteiger partial charge in [0.05, 0.1) is 11.2 Å². The molecule has 3 nitrogen and oxygen atoms in total. The van der Waals surface area contributed by atoms with Gasteiger partial charge in [-0.3, -0.25) is 4.98 Å². The van der Waals surface area contributed by atoms with E-state index in [9.17, 15) is 0 Å². The van der Waals surface area contributed by atoms with E-state index in [1.807, 2.05) is 6.20 Å². The molecule has 0 amide bonds. The molecule has 3 rings (SSSR count). The normalized spacial score (nSPS) is 17.1. The van der Waals surface area contributed by atoms with Crippen LogP contribution in [0.2, 0.25) is 0 Å². The van der Waals surface area contributed by atoms with Gasteiger partial charge in [0.25, 0.3) is 0 Å². The first-order chi connectivity index (χ1) is 9.28. The van der Waals surface area contributed by atoms with Crippen molar-refractivity contribution in [3.63, 3.8) is 0 Å². The van der Waals surface area contributed by atoms with Crippen LogP contribution in [-0.2, 0) is 0 Å². The van der Waals surface area contributed by atoms with E-state index >= 15 is 0 Å². The van der Waals surface area contributed by atoms with Crippen molar-refractivity contribution >= 4 is 32.5 Å². The van der Waals surface area contributed by atoms with Crippen molar-refractivity contribution in [3.8, 4) is 0 Å². The number of hydrogen-bond donors (Lipinski definition) is 1. The van der Waals surface area contributed by atoms with Crippen LogP contribution >= 0.6 is 15.9 Å². The van der Waals surface area contributed by atoms with Crippen LogP contribution in [0.5, 0.6) is 0 Å². The number of benzene rings is 1. The van der Waals surface area contributed by atoms with E-state index in [1.165, 1.54) is 23.9 Å². The number of halogens is 1. The van der Waals surface area contributed by atoms with Gasteiger partial charge in [-0.1, -0.05) is 12.1 Å². The molecular weight excluding hydrogens is 302 g/mol. The first-order valence-corrected chi connectivity index (χ1v) is 7.54. The molecule has 0 atom stereocenters. The molecule has 0 bridgehead atoms. The molecule has 1 N–H and O–H groups in total. The van der Waals surface area contributed by atoms with Crippen LogP contribution in [0, 0.1) is 0 Å². The molecule has 1 fully saturated rings. The molecule has 1 aliphatic heterocycles. The molecule has 2 aromatic rings. The second-order valence-corrected chi connectivity index (χ2v) is 5.97. The van der Waals surface area contributed by atoms with Crippen LogP contribution in [0.1, 0.15) is 12.8 Å². The third-order valence-corrected chi connectivity index (χ3v) is 4.33. The zero-order chi connectivity index (χ0) is 13.2. The Labute approximate surface area is 122 Å². The molecular formula is C15H18BrN3. The second kappa shape index (κ2) is 5.47. The highest BCUT2D eigenvalue weighted by Gasteiger charge is 2.19. The number of hydrogen-bond acceptors (Lipinski definition) is 3. The topological polar surface area (TPSA) is 28.2 Å². The summed E-state index contributed by atoms with van der Waals surface area (Å²) in [5.41, 5.74) is 2.37. The molecule has 1 aromatic heterocycles. The summed E-state index contributed by atoms with van der Waals surface area (Å²) in [4.78, 5) is 7.05. The molecule has 0 spiro atoms. The first kappa shape index (κ1) is 12.9. The molecule has 1 aromatic carbocycles. The van der Waals surface area contributed by atoms with Crippen molar-refractivity contribution in [1.82, 2.24) is 10.3 Å². The van der Waals surface area contributed by atoms with E-state index in [0.717, 1.165) is 23.1 Å². The third-order valence-electron chi connectivity index (χ3n) is 3.90. The quantitative estimate of drug-likeness (QED) is 0.921. The zero-order valence-corrected chi connectivity index (χ0v) is 12.7. The highest BCUT2D eigenvalue weighted by Crippen LogP contribution is 2.28. The maximum absolute atomic E-state index is 4.59. The van der Waals surface area contributed by atoms with Crippen LogP contribution in [0.3, 0.4) is 0 Å². The lowest BCUT2D eigenvalue weighted by Crippen LogP contribution is -2.41. The number of anilines is 1. The Morgan fingerprint density at radius 2 is 2.11 bits per heavy atom. The largest absolute Gasteiger partial charge is 0.370 e. The Balaban J connectivity index is 1.93. The molecule has 0 radical (unpaired) electrons. The van der Waals surface area contributed by atoms with Crippen molar-refractivity contribution in [2.75, 3.05) is 25.0 Å². The van der Waals surface area contributed by atoms with Crippen molar-refractivity contribution < 1.29 is 0 Å². The molecule has 0 saturated carbocycles. The SMILES string of the molecule is CNC1CCN(c2cccc3cc(Br)cnc23)CC1. The fraction of sp³-hybridized carbons (Fsp3) is 0.400.